The number of esters is 1. The summed E-state index contributed by atoms with van der Waals surface area (Å²) >= 11 is 0. The van der Waals surface area contributed by atoms with E-state index in [9.17, 15) is 14.4 Å². The maximum Gasteiger partial charge on any atom is 0.407 e. The molecule has 0 aromatic heterocycles. The van der Waals surface area contributed by atoms with Crippen LogP contribution in [0.1, 0.15) is 50.7 Å². The third kappa shape index (κ3) is 28.7. The molecule has 2 amide bonds. The summed E-state index contributed by atoms with van der Waals surface area (Å²) in [5, 5.41) is 8.77. The number of nitrogens with zero attached hydrogens (tertiary/aromatic N) is 3. The van der Waals surface area contributed by atoms with Gasteiger partial charge in [0.15, 0.2) is 0 Å². The molecule has 21 nitrogen and oxygen atoms in total. The van der Waals surface area contributed by atoms with Crippen molar-refractivity contribution in [2.75, 3.05) is 165 Å². The van der Waals surface area contributed by atoms with E-state index in [1.165, 1.54) is 0 Å². The molecule has 0 bridgehead atoms. The third-order valence-corrected chi connectivity index (χ3v) is 9.67. The molecule has 2 aromatic carbocycles. The quantitative estimate of drug-likeness (QED) is 0.0303. The number of ether oxygens (including phenoxy) is 13. The largest absolute Gasteiger partial charge is 0.458 e. The zero-order chi connectivity index (χ0) is 49.5. The predicted molar refractivity (Wildman–Crippen MR) is 253 cm³/mol. The van der Waals surface area contributed by atoms with Gasteiger partial charge in [-0.05, 0) is 55.0 Å². The van der Waals surface area contributed by atoms with E-state index in [-0.39, 0.29) is 44.4 Å². The second kappa shape index (κ2) is 38.3. The molecule has 0 aliphatic heterocycles. The Morgan fingerprint density at radius 3 is 1.35 bits per heavy atom. The van der Waals surface area contributed by atoms with E-state index in [0.717, 1.165) is 22.3 Å². The van der Waals surface area contributed by atoms with Gasteiger partial charge in [-0.3, -0.25) is 4.79 Å². The summed E-state index contributed by atoms with van der Waals surface area (Å²) in [6, 6.07) is 15.0. The average molecular weight is 978 g/mol. The lowest BCUT2D eigenvalue weighted by Gasteiger charge is -2.24. The standard InChI is InChI=1S/C48H75N5O16/c1-48(2,3)69-46(55)44(52-47(56)68-38-43-41-10-6-4-8-39(41)40-9-5-7-11-42(40)43)12-13-45(54)50-14-16-57-18-20-59-22-24-61-26-28-63-30-32-65-34-36-67-37-35-66-33-31-64-29-27-62-25-23-60-21-19-58-17-15-51-53-49/h4-11,43-44H,12-38H2,1-3H3,(H,50,54)(H,52,56)/t44-/m0/s1. The van der Waals surface area contributed by atoms with Crippen molar-refractivity contribution in [1.82, 2.24) is 10.6 Å². The van der Waals surface area contributed by atoms with Gasteiger partial charge in [0.05, 0.1) is 145 Å². The first-order valence-electron chi connectivity index (χ1n) is 23.7. The first-order valence-corrected chi connectivity index (χ1v) is 23.7. The van der Waals surface area contributed by atoms with Crippen LogP contribution in [0.4, 0.5) is 4.79 Å². The summed E-state index contributed by atoms with van der Waals surface area (Å²) < 4.78 is 71.2. The summed E-state index contributed by atoms with van der Waals surface area (Å²) in [6.45, 7) is 15.4. The first-order chi connectivity index (χ1) is 33.7. The van der Waals surface area contributed by atoms with Crippen LogP contribution in [0.25, 0.3) is 21.6 Å². The molecule has 1 atom stereocenters. The number of carbonyl (C=O) groups excluding carboxylic acids is 3. The maximum atomic E-state index is 13.0. The number of amides is 2. The molecule has 1 aliphatic rings. The van der Waals surface area contributed by atoms with E-state index in [4.69, 9.17) is 67.1 Å². The predicted octanol–water partition coefficient (Wildman–Crippen LogP) is 4.62. The van der Waals surface area contributed by atoms with E-state index in [1.807, 2.05) is 36.4 Å². The third-order valence-electron chi connectivity index (χ3n) is 9.67. The molecule has 0 saturated carbocycles. The van der Waals surface area contributed by atoms with Crippen molar-refractivity contribution in [2.24, 2.45) is 5.11 Å². The van der Waals surface area contributed by atoms with Crippen LogP contribution >= 0.6 is 0 Å². The summed E-state index contributed by atoms with van der Waals surface area (Å²) in [7, 11) is 0. The summed E-state index contributed by atoms with van der Waals surface area (Å²) in [4.78, 5) is 41.3. The molecule has 0 fully saturated rings. The number of rotatable bonds is 43. The minimum atomic E-state index is -1.08. The zero-order valence-electron chi connectivity index (χ0n) is 40.7. The molecule has 388 valence electrons. The number of carbonyl (C=O) groups is 3. The first kappa shape index (κ1) is 58.8. The van der Waals surface area contributed by atoms with Crippen molar-refractivity contribution in [3.8, 4) is 11.1 Å². The van der Waals surface area contributed by atoms with Gasteiger partial charge >= 0.3 is 12.1 Å². The molecule has 0 spiro atoms. The molecule has 2 N–H and O–H groups in total. The fraction of sp³-hybridized carbons (Fsp3) is 0.688. The van der Waals surface area contributed by atoms with Crippen LogP contribution < -0.4 is 10.6 Å². The Kier molecular flexibility index (Phi) is 32.7. The van der Waals surface area contributed by atoms with Crippen molar-refractivity contribution >= 4 is 18.0 Å². The van der Waals surface area contributed by atoms with Gasteiger partial charge in [-0.25, -0.2) is 9.59 Å². The highest BCUT2D eigenvalue weighted by Gasteiger charge is 2.31. The van der Waals surface area contributed by atoms with E-state index in [0.29, 0.717) is 145 Å². The summed E-state index contributed by atoms with van der Waals surface area (Å²) in [5.41, 5.74) is 11.7. The molecule has 0 unspecified atom stereocenters. The average Bonchev–Trinajstić information content (AvgIpc) is 3.65. The smallest absolute Gasteiger partial charge is 0.407 e. The number of hydrogen-bond donors (Lipinski definition) is 2. The van der Waals surface area contributed by atoms with E-state index in [1.54, 1.807) is 20.8 Å². The van der Waals surface area contributed by atoms with Gasteiger partial charge in [0.2, 0.25) is 5.91 Å². The van der Waals surface area contributed by atoms with E-state index in [2.05, 4.69) is 32.8 Å². The molecule has 69 heavy (non-hydrogen) atoms. The van der Waals surface area contributed by atoms with Gasteiger partial charge in [-0.15, -0.1) is 0 Å². The van der Waals surface area contributed by atoms with Crippen LogP contribution in [0.5, 0.6) is 0 Å². The highest BCUT2D eigenvalue weighted by Crippen LogP contribution is 2.44. The Balaban J connectivity index is 1.05. The molecular formula is C48H75N5O16. The van der Waals surface area contributed by atoms with Crippen molar-refractivity contribution < 1.29 is 76.0 Å². The monoisotopic (exact) mass is 978 g/mol. The molecule has 1 aliphatic carbocycles. The summed E-state index contributed by atoms with van der Waals surface area (Å²) in [6.07, 6.45) is -0.765. The number of benzene rings is 2. The normalized spacial score (nSPS) is 12.5. The molecule has 2 aromatic rings. The molecule has 21 heteroatoms. The SMILES string of the molecule is CC(C)(C)OC(=O)[C@H](CCC(=O)NCCOCCOCCOCCOCCOCCOCCOCCOCCOCCOCCOCCN=[N+]=[N-])NC(=O)OCC1c2ccccc2-c2ccccc21. The lowest BCUT2D eigenvalue weighted by Crippen LogP contribution is -2.45. The number of alkyl carbamates (subject to hydrolysis) is 1. The Morgan fingerprint density at radius 1 is 0.580 bits per heavy atom. The van der Waals surface area contributed by atoms with Gasteiger partial charge in [-0.1, -0.05) is 53.6 Å². The Labute approximate surface area is 406 Å². The fourth-order valence-electron chi connectivity index (χ4n) is 6.48. The number of fused-ring (bicyclic) bond motifs is 3. The van der Waals surface area contributed by atoms with Crippen LogP contribution in [0.3, 0.4) is 0 Å². The maximum absolute atomic E-state index is 13.0. The molecule has 0 radical (unpaired) electrons. The second-order valence-electron chi connectivity index (χ2n) is 16.1. The fourth-order valence-corrected chi connectivity index (χ4v) is 6.48. The number of nitrogens with one attached hydrogen (secondary N) is 2. The van der Waals surface area contributed by atoms with Crippen molar-refractivity contribution in [3.05, 3.63) is 70.1 Å². The van der Waals surface area contributed by atoms with Crippen molar-refractivity contribution in [2.45, 2.75) is 51.2 Å². The van der Waals surface area contributed by atoms with Crippen molar-refractivity contribution in [3.63, 3.8) is 0 Å². The Morgan fingerprint density at radius 2 is 0.957 bits per heavy atom. The van der Waals surface area contributed by atoms with Crippen LogP contribution in [0.2, 0.25) is 0 Å². The Hall–Kier alpha value is -4.48. The molecule has 0 heterocycles. The zero-order valence-corrected chi connectivity index (χ0v) is 40.7. The second-order valence-corrected chi connectivity index (χ2v) is 16.1. The summed E-state index contributed by atoms with van der Waals surface area (Å²) in [5.74, 6) is -1.08. The van der Waals surface area contributed by atoms with Gasteiger partial charge in [0.1, 0.15) is 18.2 Å². The van der Waals surface area contributed by atoms with Crippen LogP contribution in [-0.4, -0.2) is 195 Å². The minimum absolute atomic E-state index is 0.0244. The lowest BCUT2D eigenvalue weighted by molar-refractivity contribution is -0.157. The van der Waals surface area contributed by atoms with Crippen LogP contribution in [0, 0.1) is 0 Å². The molecule has 0 saturated heterocycles. The van der Waals surface area contributed by atoms with E-state index >= 15 is 0 Å². The van der Waals surface area contributed by atoms with Gasteiger partial charge in [0, 0.05) is 30.3 Å². The van der Waals surface area contributed by atoms with Crippen molar-refractivity contribution in [1.29, 1.82) is 0 Å². The number of azide groups is 1. The highest BCUT2D eigenvalue weighted by molar-refractivity contribution is 5.83. The van der Waals surface area contributed by atoms with Crippen LogP contribution in [0.15, 0.2) is 53.6 Å². The van der Waals surface area contributed by atoms with Gasteiger partial charge in [-0.2, -0.15) is 0 Å². The molecule has 3 rings (SSSR count). The number of hydrogen-bond acceptors (Lipinski definition) is 17. The minimum Gasteiger partial charge on any atom is -0.458 e. The Bertz CT molecular complexity index is 1680. The van der Waals surface area contributed by atoms with Gasteiger partial charge < -0.3 is 72.2 Å². The van der Waals surface area contributed by atoms with E-state index < -0.39 is 23.7 Å². The lowest BCUT2D eigenvalue weighted by atomic mass is 9.98. The highest BCUT2D eigenvalue weighted by atomic mass is 16.6. The molecular weight excluding hydrogens is 903 g/mol. The topological polar surface area (TPSA) is 244 Å². The van der Waals surface area contributed by atoms with Crippen LogP contribution in [-0.2, 0) is 71.2 Å². The van der Waals surface area contributed by atoms with Gasteiger partial charge in [0.25, 0.3) is 0 Å².